The number of pyridine rings is 1. The summed E-state index contributed by atoms with van der Waals surface area (Å²) in [4.78, 5) is 31.9. The lowest BCUT2D eigenvalue weighted by molar-refractivity contribution is -0.135. The minimum Gasteiger partial charge on any atom is -0.364 e. The van der Waals surface area contributed by atoms with Crippen LogP contribution in [0.3, 0.4) is 0 Å². The fraction of sp³-hybridized carbons (Fsp3) is 0.438. The van der Waals surface area contributed by atoms with Gasteiger partial charge in [0.05, 0.1) is 0 Å². The monoisotopic (exact) mass is 300 g/mol. The Morgan fingerprint density at radius 1 is 1.09 bits per heavy atom. The van der Waals surface area contributed by atoms with Gasteiger partial charge in [-0.3, -0.25) is 9.59 Å². The zero-order valence-corrected chi connectivity index (χ0v) is 12.4. The molecule has 116 valence electrons. The first-order chi connectivity index (χ1) is 10.6. The lowest BCUT2D eigenvalue weighted by Gasteiger charge is -2.36. The number of carbonyl (C=O) groups is 2. The van der Waals surface area contributed by atoms with Gasteiger partial charge in [-0.2, -0.15) is 0 Å². The van der Waals surface area contributed by atoms with Crippen molar-refractivity contribution in [2.75, 3.05) is 31.1 Å². The summed E-state index contributed by atoms with van der Waals surface area (Å²) in [5.41, 5.74) is 5.54. The molecule has 22 heavy (non-hydrogen) atoms. The second kappa shape index (κ2) is 6.17. The van der Waals surface area contributed by atoms with Crippen molar-refractivity contribution >= 4 is 17.6 Å². The number of primary amides is 1. The Bertz CT molecular complexity index is 598. The number of allylic oxidation sites excluding steroid dienone is 2. The van der Waals surface area contributed by atoms with Crippen molar-refractivity contribution in [1.82, 2.24) is 9.88 Å². The Kier molecular flexibility index (Phi) is 4.09. The van der Waals surface area contributed by atoms with E-state index in [-0.39, 0.29) is 17.5 Å². The van der Waals surface area contributed by atoms with Gasteiger partial charge in [0.15, 0.2) is 0 Å². The number of hydrogen-bond donors (Lipinski definition) is 1. The van der Waals surface area contributed by atoms with Crippen LogP contribution in [0.4, 0.5) is 5.82 Å². The molecule has 1 saturated heterocycles. The van der Waals surface area contributed by atoms with E-state index in [0.717, 1.165) is 31.7 Å². The minimum absolute atomic E-state index is 0.128. The van der Waals surface area contributed by atoms with E-state index in [0.29, 0.717) is 13.1 Å². The van der Waals surface area contributed by atoms with E-state index in [1.54, 1.807) is 12.1 Å². The third kappa shape index (κ3) is 2.95. The third-order valence-electron chi connectivity index (χ3n) is 4.26. The van der Waals surface area contributed by atoms with Gasteiger partial charge >= 0.3 is 0 Å². The Hall–Kier alpha value is -2.37. The molecule has 6 nitrogen and oxygen atoms in total. The van der Waals surface area contributed by atoms with Crippen LogP contribution < -0.4 is 10.6 Å². The molecule has 0 saturated carbocycles. The van der Waals surface area contributed by atoms with E-state index in [1.165, 1.54) is 0 Å². The first kappa shape index (κ1) is 14.6. The van der Waals surface area contributed by atoms with Crippen LogP contribution in [0.5, 0.6) is 0 Å². The van der Waals surface area contributed by atoms with E-state index in [4.69, 9.17) is 5.73 Å². The summed E-state index contributed by atoms with van der Waals surface area (Å²) in [6, 6.07) is 5.26. The number of aromatic nitrogens is 1. The molecule has 0 aromatic carbocycles. The molecule has 0 unspecified atom stereocenters. The van der Waals surface area contributed by atoms with Crippen LogP contribution in [0.2, 0.25) is 0 Å². The molecular formula is C16H20N4O2. The SMILES string of the molecule is NC(=O)c1cccc(N2CCN(C(=O)C3CC=CC3)CC2)n1. The van der Waals surface area contributed by atoms with Crippen molar-refractivity contribution < 1.29 is 9.59 Å². The van der Waals surface area contributed by atoms with Crippen LogP contribution in [-0.4, -0.2) is 47.9 Å². The predicted molar refractivity (Wildman–Crippen MR) is 83.4 cm³/mol. The molecule has 2 amide bonds. The molecule has 1 aliphatic heterocycles. The molecule has 0 bridgehead atoms. The number of nitrogens with two attached hydrogens (primary N) is 1. The number of nitrogens with zero attached hydrogens (tertiary/aromatic N) is 3. The predicted octanol–water partition coefficient (Wildman–Crippen LogP) is 0.795. The average molecular weight is 300 g/mol. The summed E-state index contributed by atoms with van der Waals surface area (Å²) in [5.74, 6) is 0.599. The minimum atomic E-state index is -0.524. The molecule has 1 aromatic heterocycles. The first-order valence-corrected chi connectivity index (χ1v) is 7.61. The molecule has 0 radical (unpaired) electrons. The maximum atomic E-state index is 12.4. The highest BCUT2D eigenvalue weighted by Crippen LogP contribution is 2.22. The van der Waals surface area contributed by atoms with E-state index < -0.39 is 5.91 Å². The molecular weight excluding hydrogens is 280 g/mol. The first-order valence-electron chi connectivity index (χ1n) is 7.61. The average Bonchev–Trinajstić information content (AvgIpc) is 3.09. The smallest absolute Gasteiger partial charge is 0.267 e. The van der Waals surface area contributed by atoms with E-state index >= 15 is 0 Å². The summed E-state index contributed by atoms with van der Waals surface area (Å²) >= 11 is 0. The van der Waals surface area contributed by atoms with E-state index in [9.17, 15) is 9.59 Å². The lowest BCUT2D eigenvalue weighted by Crippen LogP contribution is -2.50. The normalized spacial score (nSPS) is 18.7. The lowest BCUT2D eigenvalue weighted by atomic mass is 10.1. The van der Waals surface area contributed by atoms with Gasteiger partial charge in [-0.15, -0.1) is 0 Å². The van der Waals surface area contributed by atoms with Gasteiger partial charge in [-0.1, -0.05) is 18.2 Å². The number of amides is 2. The highest BCUT2D eigenvalue weighted by molar-refractivity contribution is 5.91. The summed E-state index contributed by atoms with van der Waals surface area (Å²) in [7, 11) is 0. The molecule has 1 aliphatic carbocycles. The van der Waals surface area contributed by atoms with E-state index in [1.807, 2.05) is 11.0 Å². The fourth-order valence-electron chi connectivity index (χ4n) is 2.97. The summed E-state index contributed by atoms with van der Waals surface area (Å²) < 4.78 is 0. The van der Waals surface area contributed by atoms with Crippen molar-refractivity contribution in [3.63, 3.8) is 0 Å². The van der Waals surface area contributed by atoms with Gasteiger partial charge in [0.1, 0.15) is 11.5 Å². The fourth-order valence-corrected chi connectivity index (χ4v) is 2.97. The summed E-state index contributed by atoms with van der Waals surface area (Å²) in [5, 5.41) is 0. The number of carbonyl (C=O) groups excluding carboxylic acids is 2. The Balaban J connectivity index is 1.60. The molecule has 1 aromatic rings. The van der Waals surface area contributed by atoms with Gasteiger partial charge < -0.3 is 15.5 Å². The van der Waals surface area contributed by atoms with Crippen molar-refractivity contribution in [3.8, 4) is 0 Å². The number of hydrogen-bond acceptors (Lipinski definition) is 4. The van der Waals surface area contributed by atoms with Crippen molar-refractivity contribution in [3.05, 3.63) is 36.0 Å². The Morgan fingerprint density at radius 3 is 2.41 bits per heavy atom. The number of piperazine rings is 1. The van der Waals surface area contributed by atoms with Crippen LogP contribution in [0.1, 0.15) is 23.3 Å². The highest BCUT2D eigenvalue weighted by atomic mass is 16.2. The van der Waals surface area contributed by atoms with Crippen LogP contribution >= 0.6 is 0 Å². The Morgan fingerprint density at radius 2 is 1.77 bits per heavy atom. The topological polar surface area (TPSA) is 79.5 Å². The molecule has 0 atom stereocenters. The van der Waals surface area contributed by atoms with Crippen molar-refractivity contribution in [2.45, 2.75) is 12.8 Å². The molecule has 2 N–H and O–H groups in total. The van der Waals surface area contributed by atoms with Gasteiger partial charge in [-0.05, 0) is 25.0 Å². The maximum Gasteiger partial charge on any atom is 0.267 e. The highest BCUT2D eigenvalue weighted by Gasteiger charge is 2.28. The molecule has 2 aliphatic rings. The van der Waals surface area contributed by atoms with Crippen LogP contribution in [0, 0.1) is 5.92 Å². The van der Waals surface area contributed by atoms with Gasteiger partial charge in [-0.25, -0.2) is 4.98 Å². The number of rotatable bonds is 3. The summed E-state index contributed by atoms with van der Waals surface area (Å²) in [6.07, 6.45) is 5.89. The van der Waals surface area contributed by atoms with Crippen molar-refractivity contribution in [1.29, 1.82) is 0 Å². The van der Waals surface area contributed by atoms with Crippen LogP contribution in [0.15, 0.2) is 30.4 Å². The van der Waals surface area contributed by atoms with Crippen LogP contribution in [-0.2, 0) is 4.79 Å². The molecule has 1 fully saturated rings. The number of anilines is 1. The Labute approximate surface area is 129 Å². The van der Waals surface area contributed by atoms with Crippen molar-refractivity contribution in [2.24, 2.45) is 11.7 Å². The third-order valence-corrected chi connectivity index (χ3v) is 4.26. The zero-order chi connectivity index (χ0) is 15.5. The standard InChI is InChI=1S/C16H20N4O2/c17-15(21)13-6-3-7-14(18-13)19-8-10-20(11-9-19)16(22)12-4-1-2-5-12/h1-3,6-7,12H,4-5,8-11H2,(H2,17,21). The molecule has 2 heterocycles. The summed E-state index contributed by atoms with van der Waals surface area (Å²) in [6.45, 7) is 2.83. The second-order valence-electron chi connectivity index (χ2n) is 5.70. The van der Waals surface area contributed by atoms with E-state index in [2.05, 4.69) is 22.0 Å². The molecule has 6 heteroatoms. The van der Waals surface area contributed by atoms with Gasteiger partial charge in [0.25, 0.3) is 5.91 Å². The second-order valence-corrected chi connectivity index (χ2v) is 5.70. The molecule has 3 rings (SSSR count). The maximum absolute atomic E-state index is 12.4. The molecule has 0 spiro atoms. The van der Waals surface area contributed by atoms with Gasteiger partial charge in [0, 0.05) is 32.1 Å². The van der Waals surface area contributed by atoms with Gasteiger partial charge in [0.2, 0.25) is 5.91 Å². The van der Waals surface area contributed by atoms with Crippen LogP contribution in [0.25, 0.3) is 0 Å². The largest absolute Gasteiger partial charge is 0.364 e. The zero-order valence-electron chi connectivity index (χ0n) is 12.4. The quantitative estimate of drug-likeness (QED) is 0.837.